The normalized spacial score (nSPS) is 11.1. The lowest BCUT2D eigenvalue weighted by Crippen LogP contribution is -2.06. The molecule has 29 heavy (non-hydrogen) atoms. The summed E-state index contributed by atoms with van der Waals surface area (Å²) >= 11 is 0. The minimum atomic E-state index is -0.214. The van der Waals surface area contributed by atoms with Crippen LogP contribution in [0.5, 0.6) is 5.75 Å². The zero-order chi connectivity index (χ0) is 20.6. The van der Waals surface area contributed by atoms with Crippen LogP contribution in [0.2, 0.25) is 0 Å². The highest BCUT2D eigenvalue weighted by molar-refractivity contribution is 6.08. The minimum Gasteiger partial charge on any atom is -0.494 e. The van der Waals surface area contributed by atoms with E-state index >= 15 is 0 Å². The van der Waals surface area contributed by atoms with Crippen molar-refractivity contribution >= 4 is 28.7 Å². The summed E-state index contributed by atoms with van der Waals surface area (Å²) in [7, 11) is 0. The van der Waals surface area contributed by atoms with Gasteiger partial charge in [-0.15, -0.1) is 0 Å². The van der Waals surface area contributed by atoms with Crippen molar-refractivity contribution in [3.05, 3.63) is 71.4 Å². The molecule has 0 fully saturated rings. The molecule has 0 saturated carbocycles. The van der Waals surface area contributed by atoms with E-state index in [-0.39, 0.29) is 11.8 Å². The van der Waals surface area contributed by atoms with Crippen molar-refractivity contribution < 1.29 is 19.1 Å². The monoisotopic (exact) mass is 391 g/mol. The van der Waals surface area contributed by atoms with Gasteiger partial charge in [-0.3, -0.25) is 9.59 Å². The number of nitrogens with one attached hydrogen (secondary N) is 1. The molecule has 0 bridgehead atoms. The second-order valence-corrected chi connectivity index (χ2v) is 6.69. The van der Waals surface area contributed by atoms with Gasteiger partial charge in [0.25, 0.3) is 0 Å². The Hall–Kier alpha value is -3.34. The minimum absolute atomic E-state index is 0.0662. The van der Waals surface area contributed by atoms with Crippen molar-refractivity contribution in [3.8, 4) is 5.75 Å². The summed E-state index contributed by atoms with van der Waals surface area (Å²) in [6, 6.07) is 15.1. The van der Waals surface area contributed by atoms with Crippen molar-refractivity contribution in [2.24, 2.45) is 0 Å². The highest BCUT2D eigenvalue weighted by Gasteiger charge is 2.07. The third kappa shape index (κ3) is 5.35. The van der Waals surface area contributed by atoms with Gasteiger partial charge in [-0.05, 0) is 62.8 Å². The van der Waals surface area contributed by atoms with Crippen molar-refractivity contribution in [3.63, 3.8) is 0 Å². The molecular formula is C24H25NO4. The Morgan fingerprint density at radius 2 is 1.83 bits per heavy atom. The van der Waals surface area contributed by atoms with Crippen LogP contribution in [0.15, 0.2) is 54.6 Å². The first-order valence-corrected chi connectivity index (χ1v) is 9.76. The van der Waals surface area contributed by atoms with E-state index in [4.69, 9.17) is 9.47 Å². The molecule has 3 rings (SSSR count). The molecule has 0 saturated heterocycles. The number of ketones is 1. The predicted molar refractivity (Wildman–Crippen MR) is 114 cm³/mol. The van der Waals surface area contributed by atoms with Crippen LogP contribution in [0, 0.1) is 6.92 Å². The van der Waals surface area contributed by atoms with Crippen LogP contribution in [0.4, 0.5) is 0 Å². The average Bonchev–Trinajstić information content (AvgIpc) is 3.05. The number of rotatable bonds is 9. The summed E-state index contributed by atoms with van der Waals surface area (Å²) in [5.74, 6) is 0.389. The molecule has 0 atom stereocenters. The molecule has 0 spiro atoms. The molecule has 0 aliphatic carbocycles. The zero-order valence-corrected chi connectivity index (χ0v) is 16.7. The van der Waals surface area contributed by atoms with Gasteiger partial charge in [0, 0.05) is 34.1 Å². The molecule has 0 aliphatic heterocycles. The number of carbonyl (C=O) groups excluding carboxylic acids is 2. The van der Waals surface area contributed by atoms with Crippen molar-refractivity contribution in [1.82, 2.24) is 4.98 Å². The maximum atomic E-state index is 12.5. The van der Waals surface area contributed by atoms with E-state index in [1.165, 1.54) is 0 Å². The number of esters is 1. The van der Waals surface area contributed by atoms with Gasteiger partial charge in [-0.2, -0.15) is 0 Å². The van der Waals surface area contributed by atoms with Crippen LogP contribution < -0.4 is 4.74 Å². The largest absolute Gasteiger partial charge is 0.494 e. The van der Waals surface area contributed by atoms with E-state index in [1.807, 2.05) is 37.3 Å². The summed E-state index contributed by atoms with van der Waals surface area (Å²) in [6.07, 6.45) is 4.38. The van der Waals surface area contributed by atoms with E-state index in [0.717, 1.165) is 22.2 Å². The van der Waals surface area contributed by atoms with Gasteiger partial charge < -0.3 is 14.5 Å². The molecular weight excluding hydrogens is 366 g/mol. The summed E-state index contributed by atoms with van der Waals surface area (Å²) < 4.78 is 10.5. The number of hydrogen-bond acceptors (Lipinski definition) is 4. The summed E-state index contributed by atoms with van der Waals surface area (Å²) in [4.78, 5) is 27.1. The topological polar surface area (TPSA) is 68.4 Å². The lowest BCUT2D eigenvalue weighted by molar-refractivity contribution is -0.143. The van der Waals surface area contributed by atoms with Crippen LogP contribution in [-0.2, 0) is 9.53 Å². The fourth-order valence-electron chi connectivity index (χ4n) is 3.12. The Morgan fingerprint density at radius 1 is 1.07 bits per heavy atom. The molecule has 1 aromatic heterocycles. The number of fused-ring (bicyclic) bond motifs is 1. The second-order valence-electron chi connectivity index (χ2n) is 6.69. The quantitative estimate of drug-likeness (QED) is 0.239. The Kier molecular flexibility index (Phi) is 6.85. The lowest BCUT2D eigenvalue weighted by Gasteiger charge is -2.06. The van der Waals surface area contributed by atoms with Crippen molar-refractivity contribution in [2.45, 2.75) is 26.7 Å². The van der Waals surface area contributed by atoms with Crippen LogP contribution in [-0.4, -0.2) is 30.0 Å². The Bertz CT molecular complexity index is 1020. The number of aromatic amines is 1. The first-order valence-electron chi connectivity index (χ1n) is 9.76. The van der Waals surface area contributed by atoms with E-state index in [0.29, 0.717) is 37.4 Å². The number of ether oxygens (including phenoxy) is 2. The molecule has 0 radical (unpaired) electrons. The fourth-order valence-corrected chi connectivity index (χ4v) is 3.12. The first kappa shape index (κ1) is 20.4. The third-order valence-corrected chi connectivity index (χ3v) is 4.58. The number of aryl methyl sites for hydroxylation is 1. The maximum absolute atomic E-state index is 12.5. The van der Waals surface area contributed by atoms with Crippen molar-refractivity contribution in [1.29, 1.82) is 0 Å². The Balaban J connectivity index is 1.57. The lowest BCUT2D eigenvalue weighted by atomic mass is 10.1. The standard InChI is InChI=1S/C24H25NO4/c1-3-28-24(27)9-6-16-29-19-12-10-18(11-13-19)23(26)15-14-20-17(2)25-22-8-5-4-7-21(20)22/h4-5,7-8,10-15,25H,3,6,9,16H2,1-2H3/b15-14+. The van der Waals surface area contributed by atoms with Crippen molar-refractivity contribution in [2.75, 3.05) is 13.2 Å². The number of hydrogen-bond donors (Lipinski definition) is 1. The molecule has 150 valence electrons. The molecule has 5 nitrogen and oxygen atoms in total. The molecule has 0 aliphatic rings. The van der Waals surface area contributed by atoms with Gasteiger partial charge in [0.15, 0.2) is 5.78 Å². The smallest absolute Gasteiger partial charge is 0.305 e. The van der Waals surface area contributed by atoms with Crippen LogP contribution in [0.1, 0.15) is 41.4 Å². The SMILES string of the molecule is CCOC(=O)CCCOc1ccc(C(=O)/C=C/c2c(C)[nH]c3ccccc23)cc1. The van der Waals surface area contributed by atoms with Gasteiger partial charge in [0.2, 0.25) is 0 Å². The summed E-state index contributed by atoms with van der Waals surface area (Å²) in [5, 5.41) is 1.10. The number of allylic oxidation sites excluding steroid dienone is 1. The fraction of sp³-hybridized carbons (Fsp3) is 0.250. The molecule has 0 amide bonds. The van der Waals surface area contributed by atoms with Gasteiger partial charge in [0.1, 0.15) is 5.75 Å². The zero-order valence-electron chi connectivity index (χ0n) is 16.7. The molecule has 2 aromatic carbocycles. The summed E-state index contributed by atoms with van der Waals surface area (Å²) in [6.45, 7) is 4.60. The van der Waals surface area contributed by atoms with Crippen LogP contribution >= 0.6 is 0 Å². The van der Waals surface area contributed by atoms with Gasteiger partial charge >= 0.3 is 5.97 Å². The van der Waals surface area contributed by atoms with Crippen LogP contribution in [0.25, 0.3) is 17.0 Å². The predicted octanol–water partition coefficient (Wildman–Crippen LogP) is 5.09. The highest BCUT2D eigenvalue weighted by atomic mass is 16.5. The highest BCUT2D eigenvalue weighted by Crippen LogP contribution is 2.23. The molecule has 5 heteroatoms. The van der Waals surface area contributed by atoms with Gasteiger partial charge in [0.05, 0.1) is 13.2 Å². The second kappa shape index (κ2) is 9.73. The number of para-hydroxylation sites is 1. The number of benzene rings is 2. The maximum Gasteiger partial charge on any atom is 0.305 e. The van der Waals surface area contributed by atoms with Gasteiger partial charge in [-0.1, -0.05) is 18.2 Å². The van der Waals surface area contributed by atoms with E-state index in [2.05, 4.69) is 4.98 Å². The van der Waals surface area contributed by atoms with Gasteiger partial charge in [-0.25, -0.2) is 0 Å². The number of carbonyl (C=O) groups is 2. The molecule has 0 unspecified atom stereocenters. The Labute approximate surface area is 170 Å². The number of aromatic nitrogens is 1. The molecule has 3 aromatic rings. The van der Waals surface area contributed by atoms with Crippen LogP contribution in [0.3, 0.4) is 0 Å². The Morgan fingerprint density at radius 3 is 2.59 bits per heavy atom. The van der Waals surface area contributed by atoms with E-state index in [1.54, 1.807) is 37.3 Å². The third-order valence-electron chi connectivity index (χ3n) is 4.58. The number of H-pyrrole nitrogens is 1. The average molecular weight is 391 g/mol. The first-order chi connectivity index (χ1) is 14.1. The summed E-state index contributed by atoms with van der Waals surface area (Å²) in [5.41, 5.74) is 3.71. The van der Waals surface area contributed by atoms with E-state index < -0.39 is 0 Å². The molecule has 1 heterocycles. The van der Waals surface area contributed by atoms with E-state index in [9.17, 15) is 9.59 Å². The molecule has 1 N–H and O–H groups in total.